The molecule has 0 aliphatic rings. The van der Waals surface area contributed by atoms with Crippen LogP contribution in [0.2, 0.25) is 0 Å². The first kappa shape index (κ1) is 12.0. The number of rotatable bonds is 2. The van der Waals surface area contributed by atoms with Gasteiger partial charge >= 0.3 is 5.97 Å². The fourth-order valence-corrected chi connectivity index (χ4v) is 1.32. The van der Waals surface area contributed by atoms with E-state index in [4.69, 9.17) is 5.26 Å². The predicted molar refractivity (Wildman–Crippen MR) is 61.5 cm³/mol. The van der Waals surface area contributed by atoms with Gasteiger partial charge in [0.05, 0.1) is 7.11 Å². The van der Waals surface area contributed by atoms with Crippen molar-refractivity contribution in [3.05, 3.63) is 40.5 Å². The van der Waals surface area contributed by atoms with E-state index in [1.54, 1.807) is 6.08 Å². The van der Waals surface area contributed by atoms with Crippen molar-refractivity contribution in [3.63, 3.8) is 0 Å². The maximum absolute atomic E-state index is 11.2. The molecule has 1 aromatic rings. The molecule has 3 heteroatoms. The van der Waals surface area contributed by atoms with Gasteiger partial charge in [-0.1, -0.05) is 23.8 Å². The topological polar surface area (TPSA) is 50.1 Å². The van der Waals surface area contributed by atoms with Crippen LogP contribution < -0.4 is 0 Å². The van der Waals surface area contributed by atoms with Crippen LogP contribution >= 0.6 is 0 Å². The number of esters is 1. The second kappa shape index (κ2) is 5.13. The van der Waals surface area contributed by atoms with Crippen molar-refractivity contribution < 1.29 is 9.53 Å². The number of hydrogen-bond acceptors (Lipinski definition) is 3. The molecule has 0 N–H and O–H groups in total. The Bertz CT molecular complexity index is 481. The molecule has 16 heavy (non-hydrogen) atoms. The summed E-state index contributed by atoms with van der Waals surface area (Å²) in [6.07, 6.45) is 1.55. The molecule has 0 radical (unpaired) electrons. The molecule has 0 aliphatic heterocycles. The van der Waals surface area contributed by atoms with Crippen LogP contribution in [-0.2, 0) is 9.53 Å². The summed E-state index contributed by atoms with van der Waals surface area (Å²) in [5.74, 6) is -0.608. The average Bonchev–Trinajstić information content (AvgIpc) is 2.29. The fraction of sp³-hybridized carbons (Fsp3) is 0.231. The van der Waals surface area contributed by atoms with Crippen molar-refractivity contribution in [1.82, 2.24) is 0 Å². The maximum atomic E-state index is 11.2. The number of carbonyl (C=O) groups excluding carboxylic acids is 1. The highest BCUT2D eigenvalue weighted by Crippen LogP contribution is 2.14. The molecule has 0 spiro atoms. The van der Waals surface area contributed by atoms with Crippen LogP contribution in [-0.4, -0.2) is 13.1 Å². The predicted octanol–water partition coefficient (Wildman–Crippen LogP) is 2.38. The number of hydrogen-bond donors (Lipinski definition) is 0. The van der Waals surface area contributed by atoms with Crippen molar-refractivity contribution in [3.8, 4) is 6.07 Å². The molecule has 82 valence electrons. The zero-order valence-electron chi connectivity index (χ0n) is 9.57. The van der Waals surface area contributed by atoms with E-state index in [0.717, 1.165) is 16.7 Å². The summed E-state index contributed by atoms with van der Waals surface area (Å²) < 4.78 is 4.52. The third-order valence-corrected chi connectivity index (χ3v) is 2.26. The molecule has 0 bridgehead atoms. The smallest absolute Gasteiger partial charge is 0.348 e. The minimum absolute atomic E-state index is 0.0104. The first-order valence-corrected chi connectivity index (χ1v) is 4.86. The normalized spacial score (nSPS) is 10.8. The van der Waals surface area contributed by atoms with Crippen LogP contribution in [0, 0.1) is 25.2 Å². The Morgan fingerprint density at radius 3 is 2.69 bits per heavy atom. The maximum Gasteiger partial charge on any atom is 0.348 e. The summed E-state index contributed by atoms with van der Waals surface area (Å²) in [7, 11) is 1.26. The van der Waals surface area contributed by atoms with Crippen molar-refractivity contribution in [2.45, 2.75) is 13.8 Å². The van der Waals surface area contributed by atoms with Gasteiger partial charge in [0.15, 0.2) is 0 Å². The van der Waals surface area contributed by atoms with Gasteiger partial charge in [0.2, 0.25) is 0 Å². The molecule has 0 heterocycles. The Hall–Kier alpha value is -2.08. The van der Waals surface area contributed by atoms with Crippen LogP contribution in [0.1, 0.15) is 16.7 Å². The van der Waals surface area contributed by atoms with Gasteiger partial charge in [-0.05, 0) is 31.1 Å². The quantitative estimate of drug-likeness (QED) is 0.432. The molecule has 0 saturated heterocycles. The van der Waals surface area contributed by atoms with Crippen LogP contribution in [0.15, 0.2) is 23.8 Å². The van der Waals surface area contributed by atoms with Gasteiger partial charge in [0.25, 0.3) is 0 Å². The van der Waals surface area contributed by atoms with E-state index >= 15 is 0 Å². The largest absolute Gasteiger partial charge is 0.465 e. The molecule has 1 rings (SSSR count). The van der Waals surface area contributed by atoms with E-state index in [2.05, 4.69) is 4.74 Å². The number of ether oxygens (including phenoxy) is 1. The third-order valence-electron chi connectivity index (χ3n) is 2.26. The van der Waals surface area contributed by atoms with Gasteiger partial charge in [-0.15, -0.1) is 0 Å². The zero-order chi connectivity index (χ0) is 12.1. The molecule has 0 atom stereocenters. The number of carbonyl (C=O) groups is 1. The molecular formula is C13H13NO2. The minimum Gasteiger partial charge on any atom is -0.465 e. The van der Waals surface area contributed by atoms with Crippen molar-refractivity contribution >= 4 is 12.0 Å². The summed E-state index contributed by atoms with van der Waals surface area (Å²) in [6, 6.07) is 7.70. The summed E-state index contributed by atoms with van der Waals surface area (Å²) in [4.78, 5) is 11.2. The molecule has 0 unspecified atom stereocenters. The summed E-state index contributed by atoms with van der Waals surface area (Å²) in [6.45, 7) is 3.89. The van der Waals surface area contributed by atoms with E-state index in [-0.39, 0.29) is 5.57 Å². The lowest BCUT2D eigenvalue weighted by atomic mass is 10.0. The lowest BCUT2D eigenvalue weighted by Gasteiger charge is -2.02. The van der Waals surface area contributed by atoms with Gasteiger partial charge < -0.3 is 4.74 Å². The summed E-state index contributed by atoms with van der Waals surface area (Å²) in [5, 5.41) is 8.83. The second-order valence-corrected chi connectivity index (χ2v) is 3.52. The monoisotopic (exact) mass is 215 g/mol. The van der Waals surface area contributed by atoms with E-state index < -0.39 is 5.97 Å². The van der Waals surface area contributed by atoms with Crippen LogP contribution in [0.25, 0.3) is 6.08 Å². The third kappa shape index (κ3) is 2.71. The van der Waals surface area contributed by atoms with Crippen molar-refractivity contribution in [1.29, 1.82) is 5.26 Å². The number of nitrogens with zero attached hydrogens (tertiary/aromatic N) is 1. The molecule has 0 aromatic heterocycles. The van der Waals surface area contributed by atoms with Gasteiger partial charge in [-0.25, -0.2) is 4.79 Å². The molecule has 0 saturated carbocycles. The van der Waals surface area contributed by atoms with Gasteiger partial charge in [-0.3, -0.25) is 0 Å². The van der Waals surface area contributed by atoms with Gasteiger partial charge in [0.1, 0.15) is 11.6 Å². The van der Waals surface area contributed by atoms with Gasteiger partial charge in [0, 0.05) is 0 Å². The fourth-order valence-electron chi connectivity index (χ4n) is 1.32. The Kier molecular flexibility index (Phi) is 3.84. The van der Waals surface area contributed by atoms with Crippen molar-refractivity contribution in [2.24, 2.45) is 0 Å². The lowest BCUT2D eigenvalue weighted by Crippen LogP contribution is -2.02. The van der Waals surface area contributed by atoms with Crippen LogP contribution in [0.4, 0.5) is 0 Å². The molecule has 0 amide bonds. The number of nitriles is 1. The molecule has 3 nitrogen and oxygen atoms in total. The Labute approximate surface area is 95.0 Å². The van der Waals surface area contributed by atoms with Crippen molar-refractivity contribution in [2.75, 3.05) is 7.11 Å². The van der Waals surface area contributed by atoms with E-state index in [1.807, 2.05) is 38.1 Å². The zero-order valence-corrected chi connectivity index (χ0v) is 9.57. The number of aryl methyl sites for hydroxylation is 2. The SMILES string of the molecule is COC(=O)C(C#N)=Cc1cc(C)ccc1C. The average molecular weight is 215 g/mol. The standard InChI is InChI=1S/C13H13NO2/c1-9-4-5-10(2)11(6-9)7-12(8-14)13(15)16-3/h4-7H,1-3H3. The highest BCUT2D eigenvalue weighted by Gasteiger charge is 2.09. The second-order valence-electron chi connectivity index (χ2n) is 3.52. The number of benzene rings is 1. The highest BCUT2D eigenvalue weighted by atomic mass is 16.5. The summed E-state index contributed by atoms with van der Waals surface area (Å²) >= 11 is 0. The molecular weight excluding hydrogens is 202 g/mol. The Morgan fingerprint density at radius 1 is 1.44 bits per heavy atom. The minimum atomic E-state index is -0.608. The molecule has 0 fully saturated rings. The first-order valence-electron chi connectivity index (χ1n) is 4.86. The Morgan fingerprint density at radius 2 is 2.12 bits per heavy atom. The molecule has 1 aromatic carbocycles. The van der Waals surface area contributed by atoms with Crippen LogP contribution in [0.3, 0.4) is 0 Å². The first-order chi connectivity index (χ1) is 7.58. The van der Waals surface area contributed by atoms with E-state index in [1.165, 1.54) is 7.11 Å². The van der Waals surface area contributed by atoms with E-state index in [9.17, 15) is 4.79 Å². The Balaban J connectivity index is 3.19. The van der Waals surface area contributed by atoms with Gasteiger partial charge in [-0.2, -0.15) is 5.26 Å². The highest BCUT2D eigenvalue weighted by molar-refractivity contribution is 5.98. The number of methoxy groups -OCH3 is 1. The summed E-state index contributed by atoms with van der Waals surface area (Å²) in [5.41, 5.74) is 2.97. The van der Waals surface area contributed by atoms with E-state index in [0.29, 0.717) is 0 Å². The lowest BCUT2D eigenvalue weighted by molar-refractivity contribution is -0.135. The van der Waals surface area contributed by atoms with Crippen LogP contribution in [0.5, 0.6) is 0 Å². The molecule has 0 aliphatic carbocycles.